The quantitative estimate of drug-likeness (QED) is 0.182. The molecule has 4 aliphatic rings. The number of anilines is 2. The van der Waals surface area contributed by atoms with Crippen molar-refractivity contribution in [3.8, 4) is 22.8 Å². The van der Waals surface area contributed by atoms with Crippen molar-refractivity contribution in [1.29, 1.82) is 0 Å². The highest BCUT2D eigenvalue weighted by Gasteiger charge is 2.47. The molecule has 2 aromatic heterocycles. The maximum Gasteiger partial charge on any atom is 0.315 e. The normalized spacial score (nSPS) is 21.5. The third kappa shape index (κ3) is 11.4. The van der Waals surface area contributed by atoms with Gasteiger partial charge in [-0.25, -0.2) is 19.9 Å². The lowest BCUT2D eigenvalue weighted by molar-refractivity contribution is -0.155. The van der Waals surface area contributed by atoms with Crippen LogP contribution in [-0.2, 0) is 33.4 Å². The van der Waals surface area contributed by atoms with Crippen molar-refractivity contribution >= 4 is 35.1 Å². The van der Waals surface area contributed by atoms with Crippen molar-refractivity contribution in [3.63, 3.8) is 0 Å². The van der Waals surface area contributed by atoms with Crippen LogP contribution in [0.4, 0.5) is 11.4 Å². The first-order valence-electron chi connectivity index (χ1n) is 22.1. The predicted molar refractivity (Wildman–Crippen MR) is 243 cm³/mol. The molecule has 18 heteroatoms. The Morgan fingerprint density at radius 1 is 0.554 bits per heavy atom. The molecule has 0 radical (unpaired) electrons. The molecule has 4 aromatic rings. The highest BCUT2D eigenvalue weighted by Crippen LogP contribution is 2.33. The first-order chi connectivity index (χ1) is 31.5. The highest BCUT2D eigenvalue weighted by atomic mass is 16.5. The van der Waals surface area contributed by atoms with E-state index < -0.39 is 16.8 Å². The van der Waals surface area contributed by atoms with Gasteiger partial charge in [0.15, 0.2) is 11.6 Å². The molecule has 346 valence electrons. The molecular formula is C47H60N10O8. The average Bonchev–Trinajstić information content (AvgIpc) is 3.97. The van der Waals surface area contributed by atoms with E-state index in [1.54, 1.807) is 44.0 Å². The van der Waals surface area contributed by atoms with Crippen molar-refractivity contribution in [2.75, 3.05) is 136 Å². The Morgan fingerprint density at radius 3 is 1.32 bits per heavy atom. The lowest BCUT2D eigenvalue weighted by Gasteiger charge is -2.37. The summed E-state index contributed by atoms with van der Waals surface area (Å²) in [6.45, 7) is 8.88. The van der Waals surface area contributed by atoms with Gasteiger partial charge in [0.2, 0.25) is 11.8 Å². The molecule has 0 bridgehead atoms. The number of carbonyl (C=O) groups is 4. The number of aliphatic carboxylic acids is 1. The lowest BCUT2D eigenvalue weighted by Crippen LogP contribution is -2.51. The van der Waals surface area contributed by atoms with Crippen LogP contribution in [-0.4, -0.2) is 195 Å². The molecule has 18 nitrogen and oxygen atoms in total. The average molecular weight is 893 g/mol. The van der Waals surface area contributed by atoms with E-state index in [-0.39, 0.29) is 30.9 Å². The Labute approximate surface area is 380 Å². The molecular weight excluding hydrogens is 833 g/mol. The van der Waals surface area contributed by atoms with Crippen LogP contribution in [0.15, 0.2) is 85.5 Å². The molecule has 65 heavy (non-hydrogen) atoms. The van der Waals surface area contributed by atoms with Gasteiger partial charge in [0, 0.05) is 127 Å². The van der Waals surface area contributed by atoms with Crippen LogP contribution in [0.2, 0.25) is 0 Å². The zero-order chi connectivity index (χ0) is 45.8. The number of benzene rings is 2. The van der Waals surface area contributed by atoms with Crippen molar-refractivity contribution in [2.45, 2.75) is 12.8 Å². The van der Waals surface area contributed by atoms with Gasteiger partial charge in [-0.15, -0.1) is 0 Å². The molecule has 0 saturated carbocycles. The van der Waals surface area contributed by atoms with Gasteiger partial charge in [0.05, 0.1) is 33.4 Å². The first kappa shape index (κ1) is 46.9. The minimum absolute atomic E-state index is 0.0554. The maximum atomic E-state index is 12.9. The Balaban J connectivity index is 0.000000194. The summed E-state index contributed by atoms with van der Waals surface area (Å²) in [6, 6.07) is 20.0. The van der Waals surface area contributed by atoms with E-state index in [1.807, 2.05) is 43.9 Å². The molecule has 4 aliphatic heterocycles. The number of amides is 2. The molecule has 0 aliphatic carbocycles. The lowest BCUT2D eigenvalue weighted by atomic mass is 9.88. The van der Waals surface area contributed by atoms with E-state index in [0.717, 1.165) is 48.7 Å². The fourth-order valence-corrected chi connectivity index (χ4v) is 9.20. The smallest absolute Gasteiger partial charge is 0.315 e. The van der Waals surface area contributed by atoms with Gasteiger partial charge in [-0.1, -0.05) is 0 Å². The molecule has 0 spiro atoms. The van der Waals surface area contributed by atoms with Gasteiger partial charge in [0.1, 0.15) is 10.8 Å². The van der Waals surface area contributed by atoms with E-state index in [0.29, 0.717) is 90.0 Å². The Bertz CT molecular complexity index is 2190. The number of hydrogen-bond acceptors (Lipinski definition) is 15. The summed E-state index contributed by atoms with van der Waals surface area (Å²) in [6.07, 6.45) is 8.07. The fraction of sp³-hybridized carbons (Fsp3) is 0.489. The summed E-state index contributed by atoms with van der Waals surface area (Å²) >= 11 is 0. The summed E-state index contributed by atoms with van der Waals surface area (Å²) in [5.41, 5.74) is 2.60. The van der Waals surface area contributed by atoms with Crippen LogP contribution in [0.1, 0.15) is 12.8 Å². The van der Waals surface area contributed by atoms with Gasteiger partial charge in [-0.2, -0.15) is 0 Å². The summed E-state index contributed by atoms with van der Waals surface area (Å²) in [5, 5.41) is 9.60. The van der Waals surface area contributed by atoms with Crippen LogP contribution in [0.25, 0.3) is 22.8 Å². The second-order valence-corrected chi connectivity index (χ2v) is 17.1. The molecule has 2 unspecified atom stereocenters. The molecule has 8 rings (SSSR count). The first-order valence-corrected chi connectivity index (χ1v) is 22.1. The van der Waals surface area contributed by atoms with Gasteiger partial charge in [0.25, 0.3) is 0 Å². The Hall–Kier alpha value is -6.08. The number of hydrogen-bond donors (Lipinski definition) is 1. The van der Waals surface area contributed by atoms with Crippen LogP contribution in [0.5, 0.6) is 0 Å². The standard InChI is InChI=1S/C24H31N5O4.C23H29N5O4/c1-32-18-24(23(31)33-2)8-11-27(17-24)16-21(30)29-14-12-28(13-15-29)20-6-4-19(5-7-20)22-25-9-3-10-26-22;1-32-17-23(22(30)31)7-10-26(16-23)15-20(29)28-13-11-27(12-14-28)19-5-3-18(4-6-19)21-24-8-2-9-25-21/h3-7,9-10H,8,11-18H2,1-2H3;2-6,8-9H,7,10-17H2,1H3,(H,30,31). The topological polar surface area (TPSA) is 187 Å². The number of likely N-dealkylation sites (tertiary alicyclic amines) is 2. The van der Waals surface area contributed by atoms with Gasteiger partial charge >= 0.3 is 11.9 Å². The monoisotopic (exact) mass is 892 g/mol. The van der Waals surface area contributed by atoms with Gasteiger partial charge in [-0.05, 0) is 86.6 Å². The minimum Gasteiger partial charge on any atom is -0.481 e. The number of nitrogens with zero attached hydrogens (tertiary/aromatic N) is 10. The number of piperazine rings is 2. The maximum absolute atomic E-state index is 12.9. The molecule has 6 heterocycles. The largest absolute Gasteiger partial charge is 0.481 e. The summed E-state index contributed by atoms with van der Waals surface area (Å²) in [7, 11) is 4.50. The van der Waals surface area contributed by atoms with E-state index in [1.165, 1.54) is 14.2 Å². The third-order valence-electron chi connectivity index (χ3n) is 12.9. The van der Waals surface area contributed by atoms with E-state index in [4.69, 9.17) is 14.2 Å². The number of aromatic nitrogens is 4. The van der Waals surface area contributed by atoms with Gasteiger partial charge < -0.3 is 38.9 Å². The van der Waals surface area contributed by atoms with Gasteiger partial charge in [-0.3, -0.25) is 29.0 Å². The summed E-state index contributed by atoms with van der Waals surface area (Å²) < 4.78 is 15.4. The molecule has 4 fully saturated rings. The van der Waals surface area contributed by atoms with Crippen molar-refractivity contribution in [1.82, 2.24) is 39.5 Å². The van der Waals surface area contributed by atoms with Crippen molar-refractivity contribution in [2.24, 2.45) is 10.8 Å². The summed E-state index contributed by atoms with van der Waals surface area (Å²) in [4.78, 5) is 79.2. The van der Waals surface area contributed by atoms with E-state index in [2.05, 4.69) is 54.0 Å². The van der Waals surface area contributed by atoms with E-state index >= 15 is 0 Å². The second-order valence-electron chi connectivity index (χ2n) is 17.1. The Morgan fingerprint density at radius 2 is 0.938 bits per heavy atom. The minimum atomic E-state index is -0.912. The molecule has 2 aromatic carbocycles. The number of ether oxygens (including phenoxy) is 3. The number of methoxy groups -OCH3 is 3. The molecule has 2 amide bonds. The highest BCUT2D eigenvalue weighted by molar-refractivity contribution is 5.81. The van der Waals surface area contributed by atoms with Crippen LogP contribution in [0, 0.1) is 10.8 Å². The van der Waals surface area contributed by atoms with Crippen LogP contribution < -0.4 is 9.80 Å². The Kier molecular flexibility index (Phi) is 15.7. The predicted octanol–water partition coefficient (Wildman–Crippen LogP) is 2.52. The van der Waals surface area contributed by atoms with Crippen molar-refractivity contribution < 1.29 is 38.5 Å². The molecule has 4 saturated heterocycles. The number of carboxylic acid groups (broad SMARTS) is 1. The number of carbonyl (C=O) groups excluding carboxylic acids is 3. The van der Waals surface area contributed by atoms with Crippen LogP contribution >= 0.6 is 0 Å². The zero-order valence-corrected chi connectivity index (χ0v) is 37.6. The number of rotatable bonds is 14. The fourth-order valence-electron chi connectivity index (χ4n) is 9.20. The number of esters is 1. The third-order valence-corrected chi connectivity index (χ3v) is 12.9. The zero-order valence-electron chi connectivity index (χ0n) is 37.6. The SMILES string of the molecule is COCC1(C(=O)O)CCN(CC(=O)N2CCN(c3ccc(-c4ncccn4)cc3)CC2)C1.COCC1(C(=O)OC)CCN(CC(=O)N2CCN(c3ccc(-c4ncccn4)cc3)CC2)C1. The van der Waals surface area contributed by atoms with E-state index in [9.17, 15) is 24.3 Å². The number of carboxylic acids is 1. The molecule has 1 N–H and O–H groups in total. The molecule has 2 atom stereocenters. The van der Waals surface area contributed by atoms with Crippen molar-refractivity contribution in [3.05, 3.63) is 85.5 Å². The van der Waals surface area contributed by atoms with Crippen LogP contribution in [0.3, 0.4) is 0 Å². The second kappa shape index (κ2) is 21.7. The summed E-state index contributed by atoms with van der Waals surface area (Å²) in [5.74, 6) is 0.451.